The van der Waals surface area contributed by atoms with Crippen molar-refractivity contribution < 1.29 is 24.1 Å². The number of methoxy groups -OCH3 is 1. The molecule has 3 aliphatic carbocycles. The van der Waals surface area contributed by atoms with Crippen molar-refractivity contribution in [3.8, 4) is 0 Å². The van der Waals surface area contributed by atoms with Gasteiger partial charge in [-0.1, -0.05) is 25.3 Å². The molecule has 0 aromatic heterocycles. The summed E-state index contributed by atoms with van der Waals surface area (Å²) in [5.41, 5.74) is 2.70. The van der Waals surface area contributed by atoms with Crippen molar-refractivity contribution in [3.63, 3.8) is 0 Å². The molecule has 1 aliphatic heterocycles. The zero-order valence-electron chi connectivity index (χ0n) is 16.1. The van der Waals surface area contributed by atoms with Gasteiger partial charge in [-0.25, -0.2) is 0 Å². The van der Waals surface area contributed by atoms with Gasteiger partial charge in [-0.05, 0) is 49.5 Å². The second-order valence-electron chi connectivity index (χ2n) is 8.51. The van der Waals surface area contributed by atoms with E-state index in [2.05, 4.69) is 6.92 Å². The lowest BCUT2D eigenvalue weighted by Gasteiger charge is -2.55. The molecule has 26 heavy (non-hydrogen) atoms. The smallest absolute Gasteiger partial charge is 0.311 e. The predicted molar refractivity (Wildman–Crippen MR) is 96.2 cm³/mol. The normalized spacial score (nSPS) is 44.9. The van der Waals surface area contributed by atoms with Crippen LogP contribution in [0.3, 0.4) is 0 Å². The molecule has 1 saturated heterocycles. The largest absolute Gasteiger partial charge is 0.469 e. The highest BCUT2D eigenvalue weighted by molar-refractivity contribution is 5.75. The maximum atomic E-state index is 12.9. The molecular formula is C21H32O5. The summed E-state index contributed by atoms with van der Waals surface area (Å²) in [4.78, 5) is 12.9. The van der Waals surface area contributed by atoms with Crippen LogP contribution in [-0.4, -0.2) is 43.3 Å². The van der Waals surface area contributed by atoms with Crippen molar-refractivity contribution in [2.24, 2.45) is 29.6 Å². The van der Waals surface area contributed by atoms with Gasteiger partial charge < -0.3 is 19.3 Å². The third kappa shape index (κ3) is 2.83. The zero-order valence-corrected chi connectivity index (χ0v) is 16.1. The number of carbonyl (C=O) groups is 1. The molecule has 0 aromatic carbocycles. The number of aliphatic hydroxyl groups is 1. The molecule has 8 atom stereocenters. The predicted octanol–water partition coefficient (Wildman–Crippen LogP) is 3.06. The Kier molecular flexibility index (Phi) is 5.15. The topological polar surface area (TPSA) is 65.0 Å². The summed E-state index contributed by atoms with van der Waals surface area (Å²) in [6.07, 6.45) is 4.94. The van der Waals surface area contributed by atoms with Gasteiger partial charge in [0, 0.05) is 18.9 Å². The highest BCUT2D eigenvalue weighted by atomic mass is 16.7. The number of ether oxygens (including phenoxy) is 3. The first kappa shape index (κ1) is 18.5. The van der Waals surface area contributed by atoms with Crippen LogP contribution < -0.4 is 0 Å². The van der Waals surface area contributed by atoms with E-state index >= 15 is 0 Å². The molecular weight excluding hydrogens is 332 g/mol. The van der Waals surface area contributed by atoms with Gasteiger partial charge in [-0.3, -0.25) is 4.79 Å². The minimum Gasteiger partial charge on any atom is -0.469 e. The number of allylic oxidation sites excluding steroid dienone is 1. The van der Waals surface area contributed by atoms with Gasteiger partial charge in [0.25, 0.3) is 0 Å². The molecule has 146 valence electrons. The first-order valence-electron chi connectivity index (χ1n) is 10.3. The van der Waals surface area contributed by atoms with Crippen LogP contribution in [-0.2, 0) is 19.0 Å². The Hall–Kier alpha value is -0.910. The lowest BCUT2D eigenvalue weighted by atomic mass is 9.54. The molecule has 0 bridgehead atoms. The summed E-state index contributed by atoms with van der Waals surface area (Å²) in [6.45, 7) is 4.79. The van der Waals surface area contributed by atoms with Crippen LogP contribution in [0.15, 0.2) is 11.1 Å². The first-order valence-corrected chi connectivity index (χ1v) is 10.3. The summed E-state index contributed by atoms with van der Waals surface area (Å²) in [7, 11) is 1.48. The number of fused-ring (bicyclic) bond motifs is 2. The van der Waals surface area contributed by atoms with Crippen LogP contribution in [0.25, 0.3) is 0 Å². The zero-order chi connectivity index (χ0) is 18.4. The molecule has 0 amide bonds. The first-order chi connectivity index (χ1) is 12.6. The molecule has 0 radical (unpaired) electrons. The molecule has 4 aliphatic rings. The highest BCUT2D eigenvalue weighted by Gasteiger charge is 2.56. The number of rotatable bonds is 3. The number of carbonyl (C=O) groups excluding carboxylic acids is 1. The monoisotopic (exact) mass is 364 g/mol. The van der Waals surface area contributed by atoms with E-state index in [9.17, 15) is 9.90 Å². The molecule has 1 heterocycles. The summed E-state index contributed by atoms with van der Waals surface area (Å²) < 4.78 is 17.4. The van der Waals surface area contributed by atoms with Gasteiger partial charge in [0.15, 0.2) is 6.29 Å². The molecule has 0 unspecified atom stereocenters. The van der Waals surface area contributed by atoms with E-state index in [4.69, 9.17) is 14.2 Å². The Morgan fingerprint density at radius 3 is 2.81 bits per heavy atom. The van der Waals surface area contributed by atoms with Crippen LogP contribution in [0.1, 0.15) is 52.4 Å². The maximum Gasteiger partial charge on any atom is 0.311 e. The molecule has 1 N–H and O–H groups in total. The maximum absolute atomic E-state index is 12.9. The Bertz CT molecular complexity index is 585. The van der Waals surface area contributed by atoms with E-state index in [0.717, 1.165) is 25.7 Å². The van der Waals surface area contributed by atoms with Gasteiger partial charge in [-0.15, -0.1) is 0 Å². The summed E-state index contributed by atoms with van der Waals surface area (Å²) in [5, 5.41) is 10.7. The second kappa shape index (κ2) is 7.25. The van der Waals surface area contributed by atoms with E-state index < -0.39 is 0 Å². The number of esters is 1. The molecule has 2 fully saturated rings. The Labute approximate surface area is 156 Å². The van der Waals surface area contributed by atoms with Crippen LogP contribution >= 0.6 is 0 Å². The molecule has 0 aromatic rings. The van der Waals surface area contributed by atoms with E-state index in [0.29, 0.717) is 24.9 Å². The Morgan fingerprint density at radius 1 is 1.27 bits per heavy atom. The minimum absolute atomic E-state index is 0.0550. The third-order valence-electron chi connectivity index (χ3n) is 7.31. The van der Waals surface area contributed by atoms with Crippen molar-refractivity contribution in [3.05, 3.63) is 11.1 Å². The van der Waals surface area contributed by atoms with Gasteiger partial charge in [0.1, 0.15) is 0 Å². The fourth-order valence-corrected chi connectivity index (χ4v) is 6.31. The average Bonchev–Trinajstić information content (AvgIpc) is 2.64. The van der Waals surface area contributed by atoms with Crippen molar-refractivity contribution in [1.82, 2.24) is 0 Å². The Balaban J connectivity index is 1.80. The summed E-state index contributed by atoms with van der Waals surface area (Å²) >= 11 is 0. The van der Waals surface area contributed by atoms with Gasteiger partial charge in [0.2, 0.25) is 0 Å². The number of aliphatic hydroxyl groups excluding tert-OH is 1. The van der Waals surface area contributed by atoms with E-state index in [-0.39, 0.29) is 42.2 Å². The van der Waals surface area contributed by atoms with Gasteiger partial charge >= 0.3 is 5.97 Å². The SMILES string of the molecule is CCO[C@H]1C[C@@H]2C3=C(CC[C@@H]2O)[C@@H]2CCC[C@@H](C)[C@H]2[C@H](C(=O)OC)[C@@H]3O1. The summed E-state index contributed by atoms with van der Waals surface area (Å²) in [6, 6.07) is 0. The standard InChI is InChI=1S/C21H32O5/c1-4-25-16-10-14-15(22)9-8-13-12-7-5-6-11(2)17(12)19(21(23)24-3)20(26-16)18(13)14/h11-12,14-17,19-20,22H,4-10H2,1-3H3/t11-,12+,14+,15+,16-,17-,19+,20-/m1/s1. The summed E-state index contributed by atoms with van der Waals surface area (Å²) in [5.74, 6) is 0.802. The van der Waals surface area contributed by atoms with E-state index in [1.54, 1.807) is 0 Å². The molecule has 1 saturated carbocycles. The van der Waals surface area contributed by atoms with Crippen LogP contribution in [0.5, 0.6) is 0 Å². The highest BCUT2D eigenvalue weighted by Crippen LogP contribution is 2.57. The van der Waals surface area contributed by atoms with E-state index in [1.165, 1.54) is 24.7 Å². The van der Waals surface area contributed by atoms with Crippen molar-refractivity contribution >= 4 is 5.97 Å². The number of hydrogen-bond donors (Lipinski definition) is 1. The fraction of sp³-hybridized carbons (Fsp3) is 0.857. The lowest BCUT2D eigenvalue weighted by Crippen LogP contribution is -2.56. The molecule has 5 nitrogen and oxygen atoms in total. The molecule has 0 spiro atoms. The third-order valence-corrected chi connectivity index (χ3v) is 7.31. The quantitative estimate of drug-likeness (QED) is 0.616. The van der Waals surface area contributed by atoms with Gasteiger partial charge in [0.05, 0.1) is 25.2 Å². The number of hydrogen-bond acceptors (Lipinski definition) is 5. The van der Waals surface area contributed by atoms with Crippen molar-refractivity contribution in [2.45, 2.75) is 70.9 Å². The molecule has 4 rings (SSSR count). The van der Waals surface area contributed by atoms with Crippen LogP contribution in [0, 0.1) is 29.6 Å². The van der Waals surface area contributed by atoms with Crippen molar-refractivity contribution in [2.75, 3.05) is 13.7 Å². The van der Waals surface area contributed by atoms with Crippen LogP contribution in [0.2, 0.25) is 0 Å². The van der Waals surface area contributed by atoms with Crippen molar-refractivity contribution in [1.29, 1.82) is 0 Å². The molecule has 5 heteroatoms. The van der Waals surface area contributed by atoms with Crippen LogP contribution in [0.4, 0.5) is 0 Å². The average molecular weight is 364 g/mol. The second-order valence-corrected chi connectivity index (χ2v) is 8.51. The van der Waals surface area contributed by atoms with E-state index in [1.807, 2.05) is 6.92 Å². The fourth-order valence-electron chi connectivity index (χ4n) is 6.31. The lowest BCUT2D eigenvalue weighted by molar-refractivity contribution is -0.220. The van der Waals surface area contributed by atoms with Gasteiger partial charge in [-0.2, -0.15) is 0 Å². The Morgan fingerprint density at radius 2 is 2.08 bits per heavy atom. The minimum atomic E-state index is -0.362.